The lowest BCUT2D eigenvalue weighted by molar-refractivity contribution is 0.160. The summed E-state index contributed by atoms with van der Waals surface area (Å²) in [6.45, 7) is 8.10. The van der Waals surface area contributed by atoms with Crippen molar-refractivity contribution < 1.29 is 9.53 Å². The molecule has 0 spiro atoms. The predicted molar refractivity (Wildman–Crippen MR) is 127 cm³/mol. The van der Waals surface area contributed by atoms with Gasteiger partial charge in [-0.2, -0.15) is 5.26 Å². The van der Waals surface area contributed by atoms with Crippen molar-refractivity contribution in [3.8, 4) is 11.8 Å². The number of amides is 2. The molecule has 0 aromatic heterocycles. The fraction of sp³-hybridized carbons (Fsp3) is 0.462. The minimum atomic E-state index is -0.395. The van der Waals surface area contributed by atoms with Crippen molar-refractivity contribution in [2.24, 2.45) is 0 Å². The Morgan fingerprint density at radius 3 is 2.34 bits per heavy atom. The van der Waals surface area contributed by atoms with Crippen LogP contribution in [0.1, 0.15) is 32.3 Å². The maximum Gasteiger partial charge on any atom is 0.317 e. The van der Waals surface area contributed by atoms with Crippen molar-refractivity contribution in [2.75, 3.05) is 39.3 Å². The van der Waals surface area contributed by atoms with Gasteiger partial charge in [-0.1, -0.05) is 48.5 Å². The number of hydrogen-bond acceptors (Lipinski definition) is 4. The molecule has 0 saturated carbocycles. The highest BCUT2D eigenvalue weighted by atomic mass is 16.5. The lowest BCUT2D eigenvalue weighted by Crippen LogP contribution is -2.49. The van der Waals surface area contributed by atoms with Gasteiger partial charge in [0.1, 0.15) is 12.4 Å². The van der Waals surface area contributed by atoms with Gasteiger partial charge in [-0.25, -0.2) is 4.79 Å². The maximum absolute atomic E-state index is 12.7. The fourth-order valence-electron chi connectivity index (χ4n) is 4.18. The molecule has 32 heavy (non-hydrogen) atoms. The van der Waals surface area contributed by atoms with Crippen LogP contribution in [-0.2, 0) is 5.41 Å². The Hall–Kier alpha value is -3.04. The van der Waals surface area contributed by atoms with E-state index in [1.165, 1.54) is 0 Å². The molecule has 3 rings (SSSR count). The zero-order valence-corrected chi connectivity index (χ0v) is 19.2. The number of nitrogens with zero attached hydrogens (tertiary/aromatic N) is 3. The zero-order valence-electron chi connectivity index (χ0n) is 19.2. The predicted octanol–water partition coefficient (Wildman–Crippen LogP) is 4.04. The van der Waals surface area contributed by atoms with Crippen LogP contribution in [0.2, 0.25) is 0 Å². The van der Waals surface area contributed by atoms with Gasteiger partial charge in [0, 0.05) is 32.2 Å². The van der Waals surface area contributed by atoms with Crippen LogP contribution in [-0.4, -0.2) is 61.2 Å². The number of nitriles is 1. The molecule has 1 heterocycles. The molecule has 0 bridgehead atoms. The number of carbonyl (C=O) groups is 1. The topological polar surface area (TPSA) is 68.6 Å². The smallest absolute Gasteiger partial charge is 0.317 e. The van der Waals surface area contributed by atoms with E-state index in [9.17, 15) is 10.1 Å². The minimum Gasteiger partial charge on any atom is -0.492 e. The number of likely N-dealkylation sites (tertiary alicyclic amines) is 1. The van der Waals surface area contributed by atoms with Gasteiger partial charge in [0.05, 0.1) is 18.0 Å². The SMILES string of the molecule is CC(C)N(CCOc1ccccc1)C(=O)NCCN1CCC(C#N)(c2ccccc2)CC1. The number of benzene rings is 2. The molecule has 1 fully saturated rings. The number of para-hydroxylation sites is 1. The molecule has 170 valence electrons. The van der Waals surface area contributed by atoms with Crippen LogP contribution < -0.4 is 10.1 Å². The quantitative estimate of drug-likeness (QED) is 0.647. The van der Waals surface area contributed by atoms with Crippen molar-refractivity contribution in [1.29, 1.82) is 5.26 Å². The molecular formula is C26H34N4O2. The lowest BCUT2D eigenvalue weighted by atomic mass is 9.74. The first-order valence-electron chi connectivity index (χ1n) is 11.5. The molecule has 6 nitrogen and oxygen atoms in total. The van der Waals surface area contributed by atoms with Gasteiger partial charge in [-0.3, -0.25) is 0 Å². The number of nitrogens with one attached hydrogen (secondary N) is 1. The molecule has 0 aliphatic carbocycles. The monoisotopic (exact) mass is 434 g/mol. The second-order valence-corrected chi connectivity index (χ2v) is 8.58. The lowest BCUT2D eigenvalue weighted by Gasteiger charge is -2.37. The Morgan fingerprint density at radius 1 is 1.12 bits per heavy atom. The normalized spacial score (nSPS) is 15.7. The summed E-state index contributed by atoms with van der Waals surface area (Å²) in [6.07, 6.45) is 1.63. The fourth-order valence-corrected chi connectivity index (χ4v) is 4.18. The van der Waals surface area contributed by atoms with Crippen molar-refractivity contribution in [3.05, 3.63) is 66.2 Å². The molecular weight excluding hydrogens is 400 g/mol. The zero-order chi connectivity index (χ0) is 22.8. The summed E-state index contributed by atoms with van der Waals surface area (Å²) in [5.74, 6) is 0.811. The standard InChI is InChI=1S/C26H34N4O2/c1-22(2)30(19-20-32-24-11-7-4-8-12-24)25(31)28-15-18-29-16-13-26(21-27,14-17-29)23-9-5-3-6-10-23/h3-12,22H,13-20H2,1-2H3,(H,28,31). The van der Waals surface area contributed by atoms with Gasteiger partial charge >= 0.3 is 6.03 Å². The highest BCUT2D eigenvalue weighted by Crippen LogP contribution is 2.34. The highest BCUT2D eigenvalue weighted by molar-refractivity contribution is 5.74. The Kier molecular flexibility index (Phi) is 8.52. The Balaban J connectivity index is 1.41. The number of hydrogen-bond donors (Lipinski definition) is 1. The third-order valence-corrected chi connectivity index (χ3v) is 6.18. The molecule has 2 amide bonds. The van der Waals surface area contributed by atoms with Crippen molar-refractivity contribution in [3.63, 3.8) is 0 Å². The second kappa shape index (κ2) is 11.5. The molecule has 1 N–H and O–H groups in total. The maximum atomic E-state index is 12.7. The molecule has 2 aromatic rings. The summed E-state index contributed by atoms with van der Waals surface area (Å²) in [4.78, 5) is 16.8. The largest absolute Gasteiger partial charge is 0.492 e. The van der Waals surface area contributed by atoms with Crippen LogP contribution in [0, 0.1) is 11.3 Å². The highest BCUT2D eigenvalue weighted by Gasteiger charge is 2.36. The molecule has 1 aliphatic rings. The van der Waals surface area contributed by atoms with Gasteiger partial charge in [-0.05, 0) is 44.4 Å². The number of carbonyl (C=O) groups excluding carboxylic acids is 1. The molecule has 2 aromatic carbocycles. The number of urea groups is 1. The van der Waals surface area contributed by atoms with Crippen LogP contribution >= 0.6 is 0 Å². The van der Waals surface area contributed by atoms with E-state index in [0.29, 0.717) is 19.7 Å². The first kappa shape index (κ1) is 23.6. The van der Waals surface area contributed by atoms with Crippen molar-refractivity contribution >= 4 is 6.03 Å². The van der Waals surface area contributed by atoms with Crippen molar-refractivity contribution in [1.82, 2.24) is 15.1 Å². The first-order valence-corrected chi connectivity index (χ1v) is 11.5. The summed E-state index contributed by atoms with van der Waals surface area (Å²) in [5.41, 5.74) is 0.717. The van der Waals surface area contributed by atoms with Gasteiger partial charge in [0.25, 0.3) is 0 Å². The van der Waals surface area contributed by atoms with Gasteiger partial charge in [-0.15, -0.1) is 0 Å². The molecule has 0 unspecified atom stereocenters. The van der Waals surface area contributed by atoms with E-state index in [1.54, 1.807) is 4.90 Å². The molecule has 6 heteroatoms. The van der Waals surface area contributed by atoms with E-state index in [4.69, 9.17) is 4.74 Å². The summed E-state index contributed by atoms with van der Waals surface area (Å²) in [6, 6.07) is 22.3. The van der Waals surface area contributed by atoms with E-state index >= 15 is 0 Å². The number of rotatable bonds is 9. The van der Waals surface area contributed by atoms with E-state index < -0.39 is 5.41 Å². The third-order valence-electron chi connectivity index (χ3n) is 6.18. The minimum absolute atomic E-state index is 0.0654. The number of ether oxygens (including phenoxy) is 1. The van der Waals surface area contributed by atoms with Crippen LogP contribution in [0.5, 0.6) is 5.75 Å². The van der Waals surface area contributed by atoms with Crippen molar-refractivity contribution in [2.45, 2.75) is 38.1 Å². The Labute approximate surface area is 191 Å². The van der Waals surface area contributed by atoms with E-state index in [1.807, 2.05) is 62.4 Å². The summed E-state index contributed by atoms with van der Waals surface area (Å²) in [5, 5.41) is 12.9. The molecule has 0 radical (unpaired) electrons. The Morgan fingerprint density at radius 2 is 1.75 bits per heavy atom. The number of piperidine rings is 1. The van der Waals surface area contributed by atoms with Gasteiger partial charge in [0.15, 0.2) is 0 Å². The van der Waals surface area contributed by atoms with Crippen LogP contribution in [0.3, 0.4) is 0 Å². The summed E-state index contributed by atoms with van der Waals surface area (Å²) >= 11 is 0. The summed E-state index contributed by atoms with van der Waals surface area (Å²) < 4.78 is 5.75. The molecule has 1 aliphatic heterocycles. The van der Waals surface area contributed by atoms with Gasteiger partial charge in [0.2, 0.25) is 0 Å². The van der Waals surface area contributed by atoms with Gasteiger partial charge < -0.3 is 19.9 Å². The Bertz CT molecular complexity index is 872. The van der Waals surface area contributed by atoms with Crippen LogP contribution in [0.25, 0.3) is 0 Å². The third kappa shape index (κ3) is 6.24. The van der Waals surface area contributed by atoms with E-state index in [0.717, 1.165) is 43.8 Å². The van der Waals surface area contributed by atoms with E-state index in [-0.39, 0.29) is 12.1 Å². The van der Waals surface area contributed by atoms with Crippen LogP contribution in [0.4, 0.5) is 4.79 Å². The van der Waals surface area contributed by atoms with E-state index in [2.05, 4.69) is 28.4 Å². The summed E-state index contributed by atoms with van der Waals surface area (Å²) in [7, 11) is 0. The molecule has 0 atom stereocenters. The molecule has 1 saturated heterocycles. The first-order chi connectivity index (χ1) is 15.5. The second-order valence-electron chi connectivity index (χ2n) is 8.58. The average Bonchev–Trinajstić information content (AvgIpc) is 2.83. The average molecular weight is 435 g/mol. The van der Waals surface area contributed by atoms with Crippen LogP contribution in [0.15, 0.2) is 60.7 Å².